The molecule has 1 aliphatic carbocycles. The minimum Gasteiger partial charge on any atom is -0.507 e. The van der Waals surface area contributed by atoms with E-state index in [2.05, 4.69) is 5.32 Å². The predicted molar refractivity (Wildman–Crippen MR) is 67.4 cm³/mol. The molecule has 1 aromatic carbocycles. The van der Waals surface area contributed by atoms with E-state index in [4.69, 9.17) is 11.6 Å². The van der Waals surface area contributed by atoms with Gasteiger partial charge in [0, 0.05) is 11.6 Å². The molecule has 1 saturated carbocycles. The Hall–Kier alpha value is -1.22. The monoisotopic (exact) mass is 253 g/mol. The maximum atomic E-state index is 11.7. The van der Waals surface area contributed by atoms with Crippen molar-refractivity contribution in [2.24, 2.45) is 5.92 Å². The Morgan fingerprint density at radius 2 is 2.24 bits per heavy atom. The Morgan fingerprint density at radius 3 is 2.94 bits per heavy atom. The molecule has 1 aromatic rings. The predicted octanol–water partition coefficient (Wildman–Crippen LogP) is 2.97. The van der Waals surface area contributed by atoms with Crippen molar-refractivity contribution in [3.63, 3.8) is 0 Å². The van der Waals surface area contributed by atoms with Gasteiger partial charge in [0.2, 0.25) is 0 Å². The van der Waals surface area contributed by atoms with E-state index < -0.39 is 0 Å². The van der Waals surface area contributed by atoms with E-state index >= 15 is 0 Å². The van der Waals surface area contributed by atoms with E-state index in [0.717, 1.165) is 12.3 Å². The van der Waals surface area contributed by atoms with Crippen LogP contribution in [0.3, 0.4) is 0 Å². The standard InChI is InChI=1S/C13H16ClNO2/c14-10-5-6-12(16)11(8-10)13(17)15-7-1-2-9-3-4-9/h5-6,8-9,16H,1-4,7H2,(H,15,17). The highest BCUT2D eigenvalue weighted by atomic mass is 35.5. The molecule has 17 heavy (non-hydrogen) atoms. The van der Waals surface area contributed by atoms with Gasteiger partial charge in [-0.2, -0.15) is 0 Å². The van der Waals surface area contributed by atoms with Gasteiger partial charge in [-0.3, -0.25) is 4.79 Å². The molecule has 0 aliphatic heterocycles. The molecule has 0 aromatic heterocycles. The Labute approximate surface area is 106 Å². The van der Waals surface area contributed by atoms with Crippen LogP contribution >= 0.6 is 11.6 Å². The molecule has 2 rings (SSSR count). The number of phenols is 1. The van der Waals surface area contributed by atoms with E-state index in [-0.39, 0.29) is 17.2 Å². The van der Waals surface area contributed by atoms with Crippen LogP contribution in [0.5, 0.6) is 5.75 Å². The number of carbonyl (C=O) groups excluding carboxylic acids is 1. The molecule has 1 fully saturated rings. The van der Waals surface area contributed by atoms with Crippen molar-refractivity contribution < 1.29 is 9.90 Å². The Bertz CT molecular complexity index is 416. The van der Waals surface area contributed by atoms with E-state index in [1.54, 1.807) is 6.07 Å². The first-order valence-electron chi connectivity index (χ1n) is 5.93. The van der Waals surface area contributed by atoms with Crippen molar-refractivity contribution in [1.29, 1.82) is 0 Å². The molecule has 0 radical (unpaired) electrons. The van der Waals surface area contributed by atoms with Crippen LogP contribution in [0.2, 0.25) is 5.02 Å². The first-order chi connectivity index (χ1) is 8.16. The highest BCUT2D eigenvalue weighted by Gasteiger charge is 2.20. The lowest BCUT2D eigenvalue weighted by molar-refractivity contribution is 0.0950. The average Bonchev–Trinajstić information content (AvgIpc) is 3.11. The number of rotatable bonds is 5. The zero-order valence-corrected chi connectivity index (χ0v) is 10.3. The molecule has 1 aliphatic rings. The molecular formula is C13H16ClNO2. The van der Waals surface area contributed by atoms with Crippen molar-refractivity contribution in [2.75, 3.05) is 6.54 Å². The third-order valence-electron chi connectivity index (χ3n) is 2.97. The molecule has 0 atom stereocenters. The maximum absolute atomic E-state index is 11.7. The summed E-state index contributed by atoms with van der Waals surface area (Å²) in [5.41, 5.74) is 0.240. The molecular weight excluding hydrogens is 238 g/mol. The van der Waals surface area contributed by atoms with E-state index in [1.165, 1.54) is 31.4 Å². The van der Waals surface area contributed by atoms with Crippen LogP contribution in [0.25, 0.3) is 0 Å². The average molecular weight is 254 g/mol. The second-order valence-electron chi connectivity index (χ2n) is 4.50. The summed E-state index contributed by atoms with van der Waals surface area (Å²) < 4.78 is 0. The van der Waals surface area contributed by atoms with Crippen molar-refractivity contribution in [1.82, 2.24) is 5.32 Å². The SMILES string of the molecule is O=C(NCCCC1CC1)c1cc(Cl)ccc1O. The van der Waals surface area contributed by atoms with Crippen molar-refractivity contribution in [3.05, 3.63) is 28.8 Å². The lowest BCUT2D eigenvalue weighted by atomic mass is 10.2. The number of hydrogen-bond acceptors (Lipinski definition) is 2. The summed E-state index contributed by atoms with van der Waals surface area (Å²) in [5, 5.41) is 12.8. The first kappa shape index (κ1) is 12.2. The summed E-state index contributed by atoms with van der Waals surface area (Å²) in [6, 6.07) is 4.47. The third kappa shape index (κ3) is 3.63. The van der Waals surface area contributed by atoms with E-state index in [9.17, 15) is 9.90 Å². The fourth-order valence-electron chi connectivity index (χ4n) is 1.78. The van der Waals surface area contributed by atoms with Crippen molar-refractivity contribution in [2.45, 2.75) is 25.7 Å². The van der Waals surface area contributed by atoms with Crippen LogP contribution in [0, 0.1) is 5.92 Å². The summed E-state index contributed by atoms with van der Waals surface area (Å²) in [7, 11) is 0. The lowest BCUT2D eigenvalue weighted by Gasteiger charge is -2.06. The van der Waals surface area contributed by atoms with Crippen molar-refractivity contribution >= 4 is 17.5 Å². The fourth-order valence-corrected chi connectivity index (χ4v) is 1.96. The number of carbonyl (C=O) groups is 1. The van der Waals surface area contributed by atoms with Gasteiger partial charge in [0.15, 0.2) is 0 Å². The Morgan fingerprint density at radius 1 is 1.47 bits per heavy atom. The van der Waals surface area contributed by atoms with Crippen molar-refractivity contribution in [3.8, 4) is 5.75 Å². The maximum Gasteiger partial charge on any atom is 0.255 e. The third-order valence-corrected chi connectivity index (χ3v) is 3.21. The van der Waals surface area contributed by atoms with Gasteiger partial charge in [0.05, 0.1) is 5.56 Å². The second kappa shape index (κ2) is 5.41. The minimum atomic E-state index is -0.263. The van der Waals surface area contributed by atoms with Gasteiger partial charge in [0.1, 0.15) is 5.75 Å². The van der Waals surface area contributed by atoms with Crippen LogP contribution < -0.4 is 5.32 Å². The van der Waals surface area contributed by atoms with Gasteiger partial charge < -0.3 is 10.4 Å². The molecule has 0 saturated heterocycles. The highest BCUT2D eigenvalue weighted by Crippen LogP contribution is 2.33. The Kier molecular flexibility index (Phi) is 3.89. The van der Waals surface area contributed by atoms with Gasteiger partial charge in [-0.25, -0.2) is 0 Å². The number of benzene rings is 1. The van der Waals surface area contributed by atoms with Gasteiger partial charge in [-0.15, -0.1) is 0 Å². The number of halogens is 1. The molecule has 0 spiro atoms. The van der Waals surface area contributed by atoms with Crippen LogP contribution in [0.15, 0.2) is 18.2 Å². The van der Waals surface area contributed by atoms with Gasteiger partial charge >= 0.3 is 0 Å². The fraction of sp³-hybridized carbons (Fsp3) is 0.462. The quantitative estimate of drug-likeness (QED) is 0.793. The topological polar surface area (TPSA) is 49.3 Å². The molecule has 4 heteroatoms. The van der Waals surface area contributed by atoms with E-state index in [0.29, 0.717) is 11.6 Å². The number of amides is 1. The molecule has 1 amide bonds. The summed E-state index contributed by atoms with van der Waals surface area (Å²) >= 11 is 5.78. The molecule has 3 nitrogen and oxygen atoms in total. The number of nitrogens with one attached hydrogen (secondary N) is 1. The summed E-state index contributed by atoms with van der Waals surface area (Å²) in [6.45, 7) is 0.654. The zero-order valence-electron chi connectivity index (χ0n) is 9.58. The van der Waals surface area contributed by atoms with Gasteiger partial charge in [-0.05, 0) is 37.0 Å². The highest BCUT2D eigenvalue weighted by molar-refractivity contribution is 6.31. The molecule has 0 bridgehead atoms. The Balaban J connectivity index is 1.82. The van der Waals surface area contributed by atoms with Crippen LogP contribution in [-0.4, -0.2) is 17.6 Å². The number of aromatic hydroxyl groups is 1. The zero-order chi connectivity index (χ0) is 12.3. The van der Waals surface area contributed by atoms with E-state index in [1.807, 2.05) is 0 Å². The number of hydrogen-bond donors (Lipinski definition) is 2. The number of phenolic OH excluding ortho intramolecular Hbond substituents is 1. The smallest absolute Gasteiger partial charge is 0.255 e. The second-order valence-corrected chi connectivity index (χ2v) is 4.94. The molecule has 92 valence electrons. The van der Waals surface area contributed by atoms with Gasteiger partial charge in [-0.1, -0.05) is 24.4 Å². The summed E-state index contributed by atoms with van der Waals surface area (Å²) in [6.07, 6.45) is 4.85. The van der Waals surface area contributed by atoms with Crippen LogP contribution in [0.4, 0.5) is 0 Å². The molecule has 2 N–H and O–H groups in total. The van der Waals surface area contributed by atoms with Crippen LogP contribution in [-0.2, 0) is 0 Å². The summed E-state index contributed by atoms with van der Waals surface area (Å²) in [5.74, 6) is 0.585. The summed E-state index contributed by atoms with van der Waals surface area (Å²) in [4.78, 5) is 11.7. The first-order valence-corrected chi connectivity index (χ1v) is 6.31. The minimum absolute atomic E-state index is 0.0332. The molecule has 0 unspecified atom stereocenters. The largest absolute Gasteiger partial charge is 0.507 e. The van der Waals surface area contributed by atoms with Gasteiger partial charge in [0.25, 0.3) is 5.91 Å². The molecule has 0 heterocycles. The normalized spacial score (nSPS) is 14.6. The van der Waals surface area contributed by atoms with Crippen LogP contribution in [0.1, 0.15) is 36.0 Å². The lowest BCUT2D eigenvalue weighted by Crippen LogP contribution is -2.24.